The van der Waals surface area contributed by atoms with Crippen LogP contribution < -0.4 is 0 Å². The number of halogens is 3. The van der Waals surface area contributed by atoms with Gasteiger partial charge < -0.3 is 14.2 Å². The largest absolute Gasteiger partial charge is 0.471 e. The highest BCUT2D eigenvalue weighted by Crippen LogP contribution is 2.31. The number of hydrogen-bond acceptors (Lipinski definition) is 5. The van der Waals surface area contributed by atoms with Crippen molar-refractivity contribution in [3.05, 3.63) is 35.7 Å². The number of nitrogens with zero attached hydrogens (tertiary/aromatic N) is 3. The van der Waals surface area contributed by atoms with Gasteiger partial charge in [-0.05, 0) is 18.4 Å². The summed E-state index contributed by atoms with van der Waals surface area (Å²) in [7, 11) is 1.55. The van der Waals surface area contributed by atoms with Crippen molar-refractivity contribution in [2.45, 2.75) is 38.0 Å². The molecule has 9 heteroatoms. The Labute approximate surface area is 147 Å². The smallest absolute Gasteiger partial charge is 0.384 e. The molecule has 1 saturated carbocycles. The molecule has 1 aliphatic carbocycles. The van der Waals surface area contributed by atoms with E-state index in [-0.39, 0.29) is 17.8 Å². The zero-order valence-electron chi connectivity index (χ0n) is 14.1. The topological polar surface area (TPSA) is 68.5 Å². The highest BCUT2D eigenvalue weighted by molar-refractivity contribution is 5.77. The number of methoxy groups -OCH3 is 1. The van der Waals surface area contributed by atoms with Gasteiger partial charge in [-0.2, -0.15) is 18.2 Å². The molecule has 0 aliphatic heterocycles. The third-order valence-electron chi connectivity index (χ3n) is 4.06. The maximum Gasteiger partial charge on any atom is 0.471 e. The first-order chi connectivity index (χ1) is 12.4. The van der Waals surface area contributed by atoms with E-state index in [2.05, 4.69) is 14.7 Å². The Kier molecular flexibility index (Phi) is 5.26. The normalized spacial score (nSPS) is 14.5. The summed E-state index contributed by atoms with van der Waals surface area (Å²) in [4.78, 5) is 17.5. The molecule has 1 aromatic carbocycles. The van der Waals surface area contributed by atoms with Gasteiger partial charge in [0.25, 0.3) is 0 Å². The molecule has 1 amide bonds. The third kappa shape index (κ3) is 4.40. The fourth-order valence-electron chi connectivity index (χ4n) is 2.55. The number of amides is 1. The highest BCUT2D eigenvalue weighted by atomic mass is 19.4. The number of rotatable bonds is 7. The summed E-state index contributed by atoms with van der Waals surface area (Å²) in [6.45, 7) is 0.827. The third-order valence-corrected chi connectivity index (χ3v) is 4.06. The lowest BCUT2D eigenvalue weighted by molar-refractivity contribution is -0.159. The first kappa shape index (κ1) is 18.4. The molecule has 0 bridgehead atoms. The molecule has 0 atom stereocenters. The molecular weight excluding hydrogens is 351 g/mol. The molecule has 6 nitrogen and oxygen atoms in total. The molecule has 0 saturated heterocycles. The summed E-state index contributed by atoms with van der Waals surface area (Å²) >= 11 is 0. The van der Waals surface area contributed by atoms with Crippen molar-refractivity contribution in [1.82, 2.24) is 15.0 Å². The minimum Gasteiger partial charge on any atom is -0.384 e. The summed E-state index contributed by atoms with van der Waals surface area (Å²) in [5.74, 6) is -1.47. The number of benzene rings is 1. The van der Waals surface area contributed by atoms with Gasteiger partial charge in [-0.3, -0.25) is 4.79 Å². The number of hydrogen-bond donors (Lipinski definition) is 0. The minimum absolute atomic E-state index is 0.0337. The summed E-state index contributed by atoms with van der Waals surface area (Å²) < 4.78 is 46.8. The fraction of sp³-hybridized carbons (Fsp3) is 0.471. The van der Waals surface area contributed by atoms with Crippen LogP contribution in [0, 0.1) is 0 Å². The second-order valence-electron chi connectivity index (χ2n) is 6.11. The van der Waals surface area contributed by atoms with E-state index in [0.717, 1.165) is 18.4 Å². The predicted octanol–water partition coefficient (Wildman–Crippen LogP) is 3.28. The van der Waals surface area contributed by atoms with Gasteiger partial charge in [0.2, 0.25) is 11.7 Å². The molecule has 0 N–H and O–H groups in total. The molecule has 1 fully saturated rings. The van der Waals surface area contributed by atoms with Crippen LogP contribution in [0.2, 0.25) is 0 Å². The molecule has 3 rings (SSSR count). The van der Waals surface area contributed by atoms with E-state index >= 15 is 0 Å². The van der Waals surface area contributed by atoms with Crippen LogP contribution in [-0.4, -0.2) is 40.7 Å². The number of ether oxygens (including phenoxy) is 1. The maximum atomic E-state index is 12.5. The van der Waals surface area contributed by atoms with Crippen LogP contribution in [0.1, 0.15) is 30.7 Å². The van der Waals surface area contributed by atoms with Gasteiger partial charge in [0.15, 0.2) is 0 Å². The molecule has 1 aliphatic rings. The Balaban J connectivity index is 1.68. The van der Waals surface area contributed by atoms with Gasteiger partial charge in [-0.1, -0.05) is 29.4 Å². The van der Waals surface area contributed by atoms with E-state index in [1.165, 1.54) is 0 Å². The molecule has 1 heterocycles. The quantitative estimate of drug-likeness (QED) is 0.749. The number of carbonyl (C=O) groups excluding carboxylic acids is 1. The molecule has 26 heavy (non-hydrogen) atoms. The second kappa shape index (κ2) is 7.45. The van der Waals surface area contributed by atoms with Gasteiger partial charge in [-0.15, -0.1) is 0 Å². The fourth-order valence-corrected chi connectivity index (χ4v) is 2.55. The van der Waals surface area contributed by atoms with Crippen LogP contribution in [0.25, 0.3) is 11.4 Å². The number of carbonyl (C=O) groups is 1. The lowest BCUT2D eigenvalue weighted by Gasteiger charge is -2.22. The Bertz CT molecular complexity index is 755. The van der Waals surface area contributed by atoms with E-state index in [0.29, 0.717) is 25.1 Å². The van der Waals surface area contributed by atoms with Crippen LogP contribution in [0.5, 0.6) is 0 Å². The molecule has 1 aromatic heterocycles. The molecule has 140 valence electrons. The van der Waals surface area contributed by atoms with Crippen molar-refractivity contribution >= 4 is 5.91 Å². The van der Waals surface area contributed by atoms with E-state index in [4.69, 9.17) is 4.74 Å². The Hall–Kier alpha value is -2.42. The summed E-state index contributed by atoms with van der Waals surface area (Å²) in [5.41, 5.74) is 1.29. The Morgan fingerprint density at radius 2 is 2.00 bits per heavy atom. The van der Waals surface area contributed by atoms with Gasteiger partial charge in [0, 0.05) is 25.3 Å². The van der Waals surface area contributed by atoms with Gasteiger partial charge in [0.05, 0.1) is 13.0 Å². The number of alkyl halides is 3. The second-order valence-corrected chi connectivity index (χ2v) is 6.11. The number of aromatic nitrogens is 2. The average Bonchev–Trinajstić information content (AvgIpc) is 3.31. The SMILES string of the molecule is COCCC(=O)N(Cc1ccc(-c2noc(C(F)(F)F)n2)cc1)C1CC1. The lowest BCUT2D eigenvalue weighted by Crippen LogP contribution is -2.33. The van der Waals surface area contributed by atoms with E-state index in [9.17, 15) is 18.0 Å². The summed E-state index contributed by atoms with van der Waals surface area (Å²) in [5, 5.41) is 3.36. The first-order valence-electron chi connectivity index (χ1n) is 8.17. The van der Waals surface area contributed by atoms with Gasteiger partial charge in [-0.25, -0.2) is 0 Å². The van der Waals surface area contributed by atoms with Gasteiger partial charge in [0.1, 0.15) is 0 Å². The van der Waals surface area contributed by atoms with Crippen molar-refractivity contribution in [2.24, 2.45) is 0 Å². The zero-order chi connectivity index (χ0) is 18.7. The van der Waals surface area contributed by atoms with Crippen molar-refractivity contribution in [3.63, 3.8) is 0 Å². The standard InChI is InChI=1S/C17H18F3N3O3/c1-25-9-8-14(24)23(13-6-7-13)10-11-2-4-12(5-3-11)15-21-16(26-22-15)17(18,19)20/h2-5,13H,6-10H2,1H3. The van der Waals surface area contributed by atoms with Crippen LogP contribution >= 0.6 is 0 Å². The van der Waals surface area contributed by atoms with Crippen LogP contribution in [0.4, 0.5) is 13.2 Å². The molecule has 0 unspecified atom stereocenters. The minimum atomic E-state index is -4.67. The Morgan fingerprint density at radius 1 is 1.31 bits per heavy atom. The molecular formula is C17H18F3N3O3. The molecule has 0 spiro atoms. The van der Waals surface area contributed by atoms with Crippen LogP contribution in [0.15, 0.2) is 28.8 Å². The lowest BCUT2D eigenvalue weighted by atomic mass is 10.1. The van der Waals surface area contributed by atoms with Crippen molar-refractivity contribution in [3.8, 4) is 11.4 Å². The first-order valence-corrected chi connectivity index (χ1v) is 8.17. The maximum absolute atomic E-state index is 12.5. The van der Waals surface area contributed by atoms with E-state index in [1.54, 1.807) is 31.4 Å². The average molecular weight is 369 g/mol. The predicted molar refractivity (Wildman–Crippen MR) is 84.8 cm³/mol. The van der Waals surface area contributed by atoms with E-state index in [1.807, 2.05) is 4.90 Å². The van der Waals surface area contributed by atoms with Gasteiger partial charge >= 0.3 is 12.1 Å². The van der Waals surface area contributed by atoms with Crippen molar-refractivity contribution in [1.29, 1.82) is 0 Å². The van der Waals surface area contributed by atoms with Crippen molar-refractivity contribution < 1.29 is 27.2 Å². The Morgan fingerprint density at radius 3 is 2.54 bits per heavy atom. The van der Waals surface area contributed by atoms with Crippen LogP contribution in [0.3, 0.4) is 0 Å². The van der Waals surface area contributed by atoms with E-state index < -0.39 is 12.1 Å². The van der Waals surface area contributed by atoms with Crippen molar-refractivity contribution in [2.75, 3.05) is 13.7 Å². The molecule has 2 aromatic rings. The van der Waals surface area contributed by atoms with Crippen LogP contribution in [-0.2, 0) is 22.3 Å². The molecule has 0 radical (unpaired) electrons. The zero-order valence-corrected chi connectivity index (χ0v) is 14.1. The summed E-state index contributed by atoms with van der Waals surface area (Å²) in [6.07, 6.45) is -2.37. The monoisotopic (exact) mass is 369 g/mol. The summed E-state index contributed by atoms with van der Waals surface area (Å²) in [6, 6.07) is 6.98. The highest BCUT2D eigenvalue weighted by Gasteiger charge is 2.38.